The normalized spacial score (nSPS) is 12.6. The Bertz CT molecular complexity index is 1720. The molecule has 0 spiro atoms. The van der Waals surface area contributed by atoms with Gasteiger partial charge in [-0.2, -0.15) is 0 Å². The lowest BCUT2D eigenvalue weighted by atomic mass is 10.0. The molecule has 0 saturated heterocycles. The molecule has 0 saturated carbocycles. The van der Waals surface area contributed by atoms with Crippen molar-refractivity contribution in [3.8, 4) is 0 Å². The van der Waals surface area contributed by atoms with Crippen LogP contribution in [0, 0.1) is 6.92 Å². The summed E-state index contributed by atoms with van der Waals surface area (Å²) in [6, 6.07) is 28.2. The Labute approximate surface area is 275 Å². The molecule has 4 aromatic carbocycles. The quantitative estimate of drug-likeness (QED) is 0.166. The average Bonchev–Trinajstić information content (AvgIpc) is 3.03. The smallest absolute Gasteiger partial charge is 0.264 e. The summed E-state index contributed by atoms with van der Waals surface area (Å²) < 4.78 is 29.2. The zero-order valence-electron chi connectivity index (χ0n) is 25.5. The molecule has 7 nitrogen and oxygen atoms in total. The van der Waals surface area contributed by atoms with E-state index in [-0.39, 0.29) is 40.5 Å². The van der Waals surface area contributed by atoms with E-state index in [1.54, 1.807) is 18.2 Å². The molecule has 10 heteroatoms. The van der Waals surface area contributed by atoms with Crippen molar-refractivity contribution < 1.29 is 18.0 Å². The number of nitrogens with one attached hydrogen (secondary N) is 1. The minimum absolute atomic E-state index is 0.00961. The van der Waals surface area contributed by atoms with Gasteiger partial charge in [0.1, 0.15) is 12.6 Å². The number of rotatable bonds is 13. The minimum atomic E-state index is -4.27. The highest BCUT2D eigenvalue weighted by atomic mass is 35.5. The van der Waals surface area contributed by atoms with Crippen molar-refractivity contribution in [3.63, 3.8) is 0 Å². The molecule has 0 aliphatic carbocycles. The molecule has 0 aromatic heterocycles. The number of nitrogens with zero attached hydrogens (tertiary/aromatic N) is 2. The van der Waals surface area contributed by atoms with Crippen LogP contribution in [0.3, 0.4) is 0 Å². The van der Waals surface area contributed by atoms with E-state index in [0.717, 1.165) is 21.0 Å². The van der Waals surface area contributed by atoms with Crippen molar-refractivity contribution in [1.82, 2.24) is 10.2 Å². The minimum Gasteiger partial charge on any atom is -0.352 e. The topological polar surface area (TPSA) is 86.8 Å². The molecule has 2 amide bonds. The zero-order chi connectivity index (χ0) is 32.6. The van der Waals surface area contributed by atoms with Gasteiger partial charge in [0.05, 0.1) is 15.6 Å². The second-order valence-corrected chi connectivity index (χ2v) is 13.6. The molecule has 4 rings (SSSR count). The number of carbonyl (C=O) groups excluding carboxylic acids is 2. The Balaban J connectivity index is 1.83. The second-order valence-electron chi connectivity index (χ2n) is 10.9. The molecule has 2 atom stereocenters. The van der Waals surface area contributed by atoms with Gasteiger partial charge in [0.25, 0.3) is 10.0 Å². The lowest BCUT2D eigenvalue weighted by molar-refractivity contribution is -0.140. The molecule has 0 heterocycles. The predicted octanol–water partition coefficient (Wildman–Crippen LogP) is 7.05. The van der Waals surface area contributed by atoms with E-state index in [9.17, 15) is 18.0 Å². The maximum Gasteiger partial charge on any atom is 0.264 e. The van der Waals surface area contributed by atoms with E-state index in [4.69, 9.17) is 23.2 Å². The number of halogens is 2. The zero-order valence-corrected chi connectivity index (χ0v) is 27.8. The van der Waals surface area contributed by atoms with Gasteiger partial charge in [-0.1, -0.05) is 103 Å². The second kappa shape index (κ2) is 15.4. The fraction of sp³-hybridized carbons (Fsp3) is 0.257. The summed E-state index contributed by atoms with van der Waals surface area (Å²) in [4.78, 5) is 30.0. The van der Waals surface area contributed by atoms with Gasteiger partial charge in [-0.05, 0) is 67.3 Å². The Morgan fingerprint density at radius 2 is 1.49 bits per heavy atom. The van der Waals surface area contributed by atoms with Crippen molar-refractivity contribution in [2.75, 3.05) is 10.8 Å². The van der Waals surface area contributed by atoms with Gasteiger partial charge in [-0.25, -0.2) is 8.42 Å². The first-order valence-electron chi connectivity index (χ1n) is 14.7. The first-order chi connectivity index (χ1) is 21.5. The summed E-state index contributed by atoms with van der Waals surface area (Å²) in [7, 11) is -4.27. The Morgan fingerprint density at radius 1 is 0.867 bits per heavy atom. The van der Waals surface area contributed by atoms with Crippen molar-refractivity contribution in [2.24, 2.45) is 0 Å². The third kappa shape index (κ3) is 8.66. The molecule has 0 radical (unpaired) electrons. The summed E-state index contributed by atoms with van der Waals surface area (Å²) >= 11 is 12.7. The van der Waals surface area contributed by atoms with Crippen LogP contribution in [0.1, 0.15) is 37.0 Å². The van der Waals surface area contributed by atoms with E-state index < -0.39 is 28.5 Å². The molecular weight excluding hydrogens is 629 g/mol. The monoisotopic (exact) mass is 665 g/mol. The number of amides is 2. The Kier molecular flexibility index (Phi) is 11.7. The summed E-state index contributed by atoms with van der Waals surface area (Å²) in [5.41, 5.74) is 2.73. The number of benzene rings is 4. The molecule has 0 aliphatic rings. The SMILES string of the molecule is CC[C@@H](C)NC(=O)[C@@H](Cc1ccccc1)N(Cc1ccccc1C)C(=O)CN(c1ccc(Cl)cc1Cl)S(=O)(=O)c1ccccc1. The number of anilines is 1. The number of aryl methyl sites for hydroxylation is 1. The fourth-order valence-corrected chi connectivity index (χ4v) is 6.90. The summed E-state index contributed by atoms with van der Waals surface area (Å²) in [5.74, 6) is -0.888. The molecule has 236 valence electrons. The van der Waals surface area contributed by atoms with Crippen molar-refractivity contribution in [2.45, 2.75) is 57.1 Å². The number of carbonyl (C=O) groups is 2. The first-order valence-corrected chi connectivity index (χ1v) is 16.9. The Hall–Kier alpha value is -3.85. The molecule has 0 aliphatic heterocycles. The molecule has 1 N–H and O–H groups in total. The van der Waals surface area contributed by atoms with Crippen molar-refractivity contribution in [3.05, 3.63) is 130 Å². The highest BCUT2D eigenvalue weighted by molar-refractivity contribution is 7.92. The van der Waals surface area contributed by atoms with Gasteiger partial charge in [-0.3, -0.25) is 13.9 Å². The molecule has 4 aromatic rings. The highest BCUT2D eigenvalue weighted by Gasteiger charge is 2.35. The van der Waals surface area contributed by atoms with Crippen LogP contribution in [-0.2, 0) is 32.6 Å². The van der Waals surface area contributed by atoms with Gasteiger partial charge in [-0.15, -0.1) is 0 Å². The van der Waals surface area contributed by atoms with Crippen molar-refractivity contribution in [1.29, 1.82) is 0 Å². The highest BCUT2D eigenvalue weighted by Crippen LogP contribution is 2.33. The molecular formula is C35H37Cl2N3O4S. The lowest BCUT2D eigenvalue weighted by Gasteiger charge is -2.34. The maximum atomic E-state index is 14.6. The van der Waals surface area contributed by atoms with E-state index in [1.165, 1.54) is 35.2 Å². The molecule has 45 heavy (non-hydrogen) atoms. The third-order valence-corrected chi connectivity index (χ3v) is 9.97. The Morgan fingerprint density at radius 3 is 2.11 bits per heavy atom. The predicted molar refractivity (Wildman–Crippen MR) is 181 cm³/mol. The maximum absolute atomic E-state index is 14.6. The van der Waals surface area contributed by atoms with Crippen LogP contribution in [0.5, 0.6) is 0 Å². The average molecular weight is 667 g/mol. The fourth-order valence-electron chi connectivity index (χ4n) is 4.88. The van der Waals surface area contributed by atoms with Gasteiger partial charge in [0.15, 0.2) is 0 Å². The van der Waals surface area contributed by atoms with Gasteiger partial charge in [0, 0.05) is 24.0 Å². The van der Waals surface area contributed by atoms with Gasteiger partial charge >= 0.3 is 0 Å². The number of sulfonamides is 1. The van der Waals surface area contributed by atoms with Crippen LogP contribution in [-0.4, -0.2) is 43.8 Å². The van der Waals surface area contributed by atoms with E-state index in [0.29, 0.717) is 11.4 Å². The lowest BCUT2D eigenvalue weighted by Crippen LogP contribution is -2.54. The van der Waals surface area contributed by atoms with Crippen LogP contribution in [0.15, 0.2) is 108 Å². The molecule has 0 unspecified atom stereocenters. The summed E-state index contributed by atoms with van der Waals surface area (Å²) in [5, 5.41) is 3.42. The van der Waals surface area contributed by atoms with E-state index in [2.05, 4.69) is 5.32 Å². The van der Waals surface area contributed by atoms with Gasteiger partial charge < -0.3 is 10.2 Å². The van der Waals surface area contributed by atoms with Crippen LogP contribution in [0.4, 0.5) is 5.69 Å². The largest absolute Gasteiger partial charge is 0.352 e. The first kappa shape index (κ1) is 34.0. The summed E-state index contributed by atoms with van der Waals surface area (Å²) in [6.07, 6.45) is 0.932. The van der Waals surface area contributed by atoms with Crippen LogP contribution < -0.4 is 9.62 Å². The molecule has 0 fully saturated rings. The van der Waals surface area contributed by atoms with Crippen molar-refractivity contribution >= 4 is 50.7 Å². The number of hydrogen-bond donors (Lipinski definition) is 1. The van der Waals surface area contributed by atoms with E-state index in [1.807, 2.05) is 75.4 Å². The molecule has 0 bridgehead atoms. The van der Waals surface area contributed by atoms with Crippen LogP contribution >= 0.6 is 23.2 Å². The van der Waals surface area contributed by atoms with E-state index >= 15 is 0 Å². The summed E-state index contributed by atoms with van der Waals surface area (Å²) in [6.45, 7) is 5.29. The van der Waals surface area contributed by atoms with Gasteiger partial charge in [0.2, 0.25) is 11.8 Å². The third-order valence-electron chi connectivity index (χ3n) is 7.66. The standard InChI is InChI=1S/C35H37Cl2N3O4S/c1-4-26(3)38-35(42)33(21-27-14-7-5-8-15-27)39(23-28-16-12-11-13-25(28)2)34(41)24-40(32-20-19-29(36)22-31(32)37)45(43,44)30-17-9-6-10-18-30/h5-20,22,26,33H,4,21,23-24H2,1-3H3,(H,38,42)/t26-,33-/m1/s1. The number of hydrogen-bond acceptors (Lipinski definition) is 4. The van der Waals surface area contributed by atoms with Crippen LogP contribution in [0.2, 0.25) is 10.0 Å². The van der Waals surface area contributed by atoms with Crippen LogP contribution in [0.25, 0.3) is 0 Å².